The number of hydrogen-bond donors (Lipinski definition) is 1. The van der Waals surface area contributed by atoms with Gasteiger partial charge in [-0.3, -0.25) is 0 Å². The van der Waals surface area contributed by atoms with Gasteiger partial charge in [0, 0.05) is 23.6 Å². The van der Waals surface area contributed by atoms with E-state index in [1.807, 2.05) is 30.3 Å². The van der Waals surface area contributed by atoms with E-state index in [2.05, 4.69) is 15.2 Å². The molecule has 0 amide bonds. The second-order valence-corrected chi connectivity index (χ2v) is 8.25. The average Bonchev–Trinajstić information content (AvgIpc) is 3.18. The maximum absolute atomic E-state index is 11.6. The lowest BCUT2D eigenvalue weighted by atomic mass is 10.1. The summed E-state index contributed by atoms with van der Waals surface area (Å²) in [5.41, 5.74) is 8.88. The van der Waals surface area contributed by atoms with Crippen molar-refractivity contribution >= 4 is 15.7 Å². The molecule has 28 heavy (non-hydrogen) atoms. The topological polar surface area (TPSA) is 112 Å². The summed E-state index contributed by atoms with van der Waals surface area (Å²) >= 11 is 0. The Morgan fingerprint density at radius 1 is 0.857 bits per heavy atom. The monoisotopic (exact) mass is 392 g/mol. The molecular weight excluding hydrogens is 376 g/mol. The Morgan fingerprint density at radius 3 is 2.21 bits per heavy atom. The lowest BCUT2D eigenvalue weighted by Crippen LogP contribution is -1.97. The smallest absolute Gasteiger partial charge is 0.251 e. The molecular formula is C20H16N4O3S. The van der Waals surface area contributed by atoms with E-state index in [0.717, 1.165) is 16.7 Å². The van der Waals surface area contributed by atoms with Crippen molar-refractivity contribution in [1.29, 1.82) is 0 Å². The third-order valence-corrected chi connectivity index (χ3v) is 5.34. The molecule has 2 aromatic carbocycles. The largest absolute Gasteiger partial charge is 0.416 e. The van der Waals surface area contributed by atoms with Gasteiger partial charge in [-0.1, -0.05) is 30.3 Å². The van der Waals surface area contributed by atoms with Gasteiger partial charge in [0.25, 0.3) is 5.89 Å². The van der Waals surface area contributed by atoms with Crippen LogP contribution in [0.4, 0.5) is 5.82 Å². The highest BCUT2D eigenvalue weighted by molar-refractivity contribution is 7.90. The minimum atomic E-state index is -3.25. The number of pyridine rings is 1. The van der Waals surface area contributed by atoms with Gasteiger partial charge >= 0.3 is 0 Å². The Labute approximate surface area is 161 Å². The van der Waals surface area contributed by atoms with Gasteiger partial charge in [0.1, 0.15) is 5.82 Å². The van der Waals surface area contributed by atoms with Gasteiger partial charge in [-0.05, 0) is 35.9 Å². The summed E-state index contributed by atoms with van der Waals surface area (Å²) in [6.07, 6.45) is 2.79. The number of sulfone groups is 1. The van der Waals surface area contributed by atoms with Gasteiger partial charge in [0.05, 0.1) is 10.5 Å². The summed E-state index contributed by atoms with van der Waals surface area (Å²) in [5, 5.41) is 8.17. The highest BCUT2D eigenvalue weighted by atomic mass is 32.2. The van der Waals surface area contributed by atoms with Crippen LogP contribution in [0, 0.1) is 0 Å². The summed E-state index contributed by atoms with van der Waals surface area (Å²) < 4.78 is 29.0. The van der Waals surface area contributed by atoms with E-state index in [0.29, 0.717) is 11.5 Å². The van der Waals surface area contributed by atoms with E-state index >= 15 is 0 Å². The van der Waals surface area contributed by atoms with Gasteiger partial charge in [-0.2, -0.15) is 0 Å². The van der Waals surface area contributed by atoms with Crippen LogP contribution in [-0.2, 0) is 9.84 Å². The predicted octanol–water partition coefficient (Wildman–Crippen LogP) is 3.45. The van der Waals surface area contributed by atoms with Crippen molar-refractivity contribution in [2.45, 2.75) is 4.90 Å². The Kier molecular flexibility index (Phi) is 4.40. The number of hydrogen-bond acceptors (Lipinski definition) is 7. The van der Waals surface area contributed by atoms with Crippen molar-refractivity contribution in [2.24, 2.45) is 0 Å². The Morgan fingerprint density at radius 2 is 1.54 bits per heavy atom. The Bertz CT molecular complexity index is 1230. The van der Waals surface area contributed by atoms with Gasteiger partial charge in [0.15, 0.2) is 9.84 Å². The van der Waals surface area contributed by atoms with Crippen LogP contribution in [-0.4, -0.2) is 29.9 Å². The zero-order chi connectivity index (χ0) is 19.7. The van der Waals surface area contributed by atoms with Crippen molar-refractivity contribution in [1.82, 2.24) is 15.2 Å². The molecule has 2 heterocycles. The molecule has 4 rings (SSSR count). The first-order valence-electron chi connectivity index (χ1n) is 8.37. The van der Waals surface area contributed by atoms with E-state index < -0.39 is 9.84 Å². The van der Waals surface area contributed by atoms with Gasteiger partial charge in [-0.25, -0.2) is 13.4 Å². The average molecular weight is 392 g/mol. The second-order valence-electron chi connectivity index (χ2n) is 6.23. The second kappa shape index (κ2) is 6.90. The molecule has 0 aliphatic rings. The molecule has 0 radical (unpaired) electrons. The number of nitrogens with zero attached hydrogens (tertiary/aromatic N) is 3. The van der Waals surface area contributed by atoms with E-state index in [1.54, 1.807) is 36.5 Å². The first-order chi connectivity index (χ1) is 13.4. The quantitative estimate of drug-likeness (QED) is 0.566. The van der Waals surface area contributed by atoms with E-state index in [-0.39, 0.29) is 16.6 Å². The third-order valence-electron chi connectivity index (χ3n) is 4.21. The zero-order valence-electron chi connectivity index (χ0n) is 14.9. The zero-order valence-corrected chi connectivity index (χ0v) is 15.7. The van der Waals surface area contributed by atoms with Crippen LogP contribution in [0.15, 0.2) is 76.2 Å². The minimum absolute atomic E-state index is 0.254. The van der Waals surface area contributed by atoms with Crippen molar-refractivity contribution in [3.63, 3.8) is 0 Å². The third kappa shape index (κ3) is 3.49. The SMILES string of the molecule is CS(=O)(=O)c1ccc(-c2cnc(N)c(-c3nnc(-c4ccccc4)o3)c2)cc1. The Balaban J connectivity index is 1.71. The summed E-state index contributed by atoms with van der Waals surface area (Å²) in [5.74, 6) is 0.913. The van der Waals surface area contributed by atoms with E-state index in [4.69, 9.17) is 10.2 Å². The summed E-state index contributed by atoms with van der Waals surface area (Å²) in [6.45, 7) is 0. The number of benzene rings is 2. The molecule has 0 unspecified atom stereocenters. The minimum Gasteiger partial charge on any atom is -0.416 e. The van der Waals surface area contributed by atoms with Crippen LogP contribution in [0.1, 0.15) is 0 Å². The van der Waals surface area contributed by atoms with Crippen molar-refractivity contribution in [3.05, 3.63) is 66.9 Å². The molecule has 2 N–H and O–H groups in total. The number of rotatable bonds is 4. The van der Waals surface area contributed by atoms with Crippen LogP contribution in [0.25, 0.3) is 34.0 Å². The highest BCUT2D eigenvalue weighted by Gasteiger charge is 2.15. The molecule has 0 saturated heterocycles. The molecule has 0 bridgehead atoms. The standard InChI is InChI=1S/C20H16N4O3S/c1-28(25,26)16-9-7-13(8-10-16)15-11-17(18(21)22-12-15)20-24-23-19(27-20)14-5-3-2-4-6-14/h2-12H,1H3,(H2,21,22). The summed E-state index contributed by atoms with van der Waals surface area (Å²) in [4.78, 5) is 4.47. The highest BCUT2D eigenvalue weighted by Crippen LogP contribution is 2.31. The first kappa shape index (κ1) is 17.9. The molecule has 0 atom stereocenters. The number of anilines is 1. The van der Waals surface area contributed by atoms with Crippen molar-refractivity contribution in [2.75, 3.05) is 12.0 Å². The van der Waals surface area contributed by atoms with Gasteiger partial charge in [-0.15, -0.1) is 10.2 Å². The van der Waals surface area contributed by atoms with Gasteiger partial charge < -0.3 is 10.2 Å². The molecule has 2 aromatic heterocycles. The van der Waals surface area contributed by atoms with Crippen molar-refractivity contribution < 1.29 is 12.8 Å². The predicted molar refractivity (Wildman–Crippen MR) is 106 cm³/mol. The molecule has 0 aliphatic heterocycles. The summed E-state index contributed by atoms with van der Waals surface area (Å²) in [7, 11) is -3.25. The first-order valence-corrected chi connectivity index (χ1v) is 10.3. The molecule has 0 fully saturated rings. The number of aromatic nitrogens is 3. The fourth-order valence-corrected chi connectivity index (χ4v) is 3.36. The molecule has 0 spiro atoms. The van der Waals surface area contributed by atoms with E-state index in [1.165, 1.54) is 6.26 Å². The van der Waals surface area contributed by atoms with Crippen molar-refractivity contribution in [3.8, 4) is 34.0 Å². The van der Waals surface area contributed by atoms with Crippen LogP contribution < -0.4 is 5.73 Å². The molecule has 140 valence electrons. The fraction of sp³-hybridized carbons (Fsp3) is 0.0500. The maximum Gasteiger partial charge on any atom is 0.251 e. The maximum atomic E-state index is 11.6. The fourth-order valence-electron chi connectivity index (χ4n) is 2.73. The van der Waals surface area contributed by atoms with E-state index in [9.17, 15) is 8.42 Å². The molecule has 8 heteroatoms. The normalized spacial score (nSPS) is 11.5. The van der Waals surface area contributed by atoms with Crippen LogP contribution in [0.2, 0.25) is 0 Å². The summed E-state index contributed by atoms with van der Waals surface area (Å²) in [6, 6.07) is 17.8. The lowest BCUT2D eigenvalue weighted by molar-refractivity contribution is 0.584. The van der Waals surface area contributed by atoms with Crippen LogP contribution in [0.5, 0.6) is 0 Å². The van der Waals surface area contributed by atoms with Crippen LogP contribution in [0.3, 0.4) is 0 Å². The lowest BCUT2D eigenvalue weighted by Gasteiger charge is -2.06. The molecule has 7 nitrogen and oxygen atoms in total. The molecule has 0 saturated carbocycles. The molecule has 0 aliphatic carbocycles. The number of nitrogen functional groups attached to an aromatic ring is 1. The van der Waals surface area contributed by atoms with Gasteiger partial charge in [0.2, 0.25) is 5.89 Å². The number of nitrogens with two attached hydrogens (primary N) is 1. The molecule has 4 aromatic rings. The Hall–Kier alpha value is -3.52. The van der Waals surface area contributed by atoms with Crippen LogP contribution >= 0.6 is 0 Å².